The van der Waals surface area contributed by atoms with Gasteiger partial charge in [-0.3, -0.25) is 67.1 Å². The number of likely N-dealkylation sites (tertiary alicyclic amines) is 2. The van der Waals surface area contributed by atoms with Gasteiger partial charge in [0.05, 0.1) is 12.5 Å². The number of nitrogens with one attached hydrogen (secondary N) is 10. The summed E-state index contributed by atoms with van der Waals surface area (Å²) in [6, 6.07) is 3.74. The molecule has 38 heteroatoms. The maximum absolute atomic E-state index is 15.2. The molecule has 2 fully saturated rings. The van der Waals surface area contributed by atoms with Crippen molar-refractivity contribution < 1.29 is 103 Å². The highest BCUT2D eigenvalue weighted by Gasteiger charge is 2.44. The fraction of sp³-hybridized carbons (Fsp3) is 0.500. The second kappa shape index (κ2) is 45.7. The first kappa shape index (κ1) is 93.6. The molecule has 36 nitrogen and oxygen atoms in total. The van der Waals surface area contributed by atoms with Crippen molar-refractivity contribution in [3.05, 3.63) is 119 Å². The Morgan fingerprint density at radius 3 is 1.28 bits per heavy atom. The molecular weight excluding hydrogens is 1550 g/mol. The minimum Gasteiger partial charge on any atom is -0.508 e. The molecule has 4 aromatic rings. The zero-order valence-electron chi connectivity index (χ0n) is 64.9. The Kier molecular flexibility index (Phi) is 36.9. The first-order chi connectivity index (χ1) is 55.0. The van der Waals surface area contributed by atoms with E-state index in [0.717, 1.165) is 4.90 Å². The summed E-state index contributed by atoms with van der Waals surface area (Å²) in [4.78, 5) is 212. The molecule has 0 unspecified atom stereocenters. The van der Waals surface area contributed by atoms with E-state index in [-0.39, 0.29) is 106 Å². The van der Waals surface area contributed by atoms with E-state index in [1.807, 2.05) is 0 Å². The number of nitrogens with zero attached hydrogens (tertiary/aromatic N) is 2. The number of thiol groups is 2. The fourth-order valence-electron chi connectivity index (χ4n) is 13.2. The number of phenols is 4. The highest BCUT2D eigenvalue weighted by atomic mass is 32.1. The maximum Gasteiger partial charge on any atom is 0.326 e. The van der Waals surface area contributed by atoms with Crippen molar-refractivity contribution in [2.75, 3.05) is 31.1 Å². The molecule has 2 aliphatic heterocycles. The van der Waals surface area contributed by atoms with Crippen molar-refractivity contribution in [3.8, 4) is 23.0 Å². The number of benzene rings is 4. The maximum atomic E-state index is 15.2. The van der Waals surface area contributed by atoms with E-state index in [4.69, 9.17) is 17.2 Å². The molecule has 6 rings (SSSR count). The van der Waals surface area contributed by atoms with Gasteiger partial charge in [-0.05, 0) is 147 Å². The van der Waals surface area contributed by atoms with Crippen molar-refractivity contribution in [2.24, 2.45) is 29.0 Å². The largest absolute Gasteiger partial charge is 0.508 e. The Morgan fingerprint density at radius 1 is 0.440 bits per heavy atom. The average Bonchev–Trinajstić information content (AvgIpc) is 1.61. The van der Waals surface area contributed by atoms with Crippen LogP contribution in [-0.4, -0.2) is 239 Å². The number of carbonyl (C=O) groups is 15. The van der Waals surface area contributed by atoms with Gasteiger partial charge in [0.1, 0.15) is 95.5 Å². The molecular formula is C78H107N15O21S2. The molecule has 2 aliphatic rings. The Morgan fingerprint density at radius 2 is 0.819 bits per heavy atom. The quantitative estimate of drug-likeness (QED) is 0.0176. The summed E-state index contributed by atoms with van der Waals surface area (Å²) >= 11 is 8.49. The van der Waals surface area contributed by atoms with Crippen LogP contribution in [0.15, 0.2) is 97.1 Å². The van der Waals surface area contributed by atoms with E-state index in [2.05, 4.69) is 78.4 Å². The van der Waals surface area contributed by atoms with Gasteiger partial charge < -0.3 is 111 Å². The van der Waals surface area contributed by atoms with Crippen LogP contribution in [0, 0.1) is 11.8 Å². The third kappa shape index (κ3) is 28.6. The summed E-state index contributed by atoms with van der Waals surface area (Å²) < 4.78 is 0. The van der Waals surface area contributed by atoms with E-state index in [1.54, 1.807) is 26.0 Å². The van der Waals surface area contributed by atoms with Crippen molar-refractivity contribution in [1.29, 1.82) is 0 Å². The number of carbonyl (C=O) groups excluding carboxylic acids is 13. The summed E-state index contributed by atoms with van der Waals surface area (Å²) in [5.41, 5.74) is 19.4. The molecule has 2 saturated heterocycles. The third-order valence-electron chi connectivity index (χ3n) is 20.0. The highest BCUT2D eigenvalue weighted by Crippen LogP contribution is 2.25. The Hall–Kier alpha value is -11.3. The number of hydrogen-bond donors (Lipinski definition) is 21. The number of rotatable bonds is 45. The second-order valence-electron chi connectivity index (χ2n) is 29.2. The minimum absolute atomic E-state index is 0.0172. The Balaban J connectivity index is 1.19. The second-order valence-corrected chi connectivity index (χ2v) is 29.9. The predicted molar refractivity (Wildman–Crippen MR) is 427 cm³/mol. The molecule has 0 saturated carbocycles. The molecule has 13 amide bonds. The van der Waals surface area contributed by atoms with Gasteiger partial charge in [-0.2, -0.15) is 25.3 Å². The molecule has 0 radical (unpaired) electrons. The Labute approximate surface area is 681 Å². The first-order valence-corrected chi connectivity index (χ1v) is 39.5. The van der Waals surface area contributed by atoms with Crippen LogP contribution in [0.1, 0.15) is 121 Å². The SMILES string of the molecule is CC[C@H](C)[C@H](NC(=O)[C@@H]1CCCN1C(=O)[C@H](CS)NC(=O)[C@@H](N)Cc1ccc(O)cc1)C(=O)N[C@@H](Cc1ccc(O)cc1)C(=O)N[C@@H](CCCCN)C(=O)N[C@@H](Cc1ccc(O)cc1)C(=O)N1CCC[C@H]1C(=O)N[C@@H](CC(=O)O)C(=O)N[C@H](C(=O)N[C@@H](CCC(N)=O)C(=O)N[C@@H](CS)C(=O)N[C@@H](Cc1ccc(O)cc1)C(=O)O)C(C)C. The van der Waals surface area contributed by atoms with E-state index in [0.29, 0.717) is 41.5 Å². The van der Waals surface area contributed by atoms with E-state index in [1.165, 1.54) is 104 Å². The molecule has 2 heterocycles. The number of amides is 13. The molecule has 22 N–H and O–H groups in total. The van der Waals surface area contributed by atoms with Crippen LogP contribution in [0.4, 0.5) is 0 Å². The highest BCUT2D eigenvalue weighted by molar-refractivity contribution is 7.80. The van der Waals surface area contributed by atoms with Crippen molar-refractivity contribution in [1.82, 2.24) is 63.0 Å². The average molecular weight is 1650 g/mol. The summed E-state index contributed by atoms with van der Waals surface area (Å²) in [7, 11) is 0. The number of phenolic OH excluding ortho intramolecular Hbond substituents is 4. The Bertz CT molecular complexity index is 4090. The summed E-state index contributed by atoms with van der Waals surface area (Å²) in [5.74, 6) is -17.3. The van der Waals surface area contributed by atoms with Crippen LogP contribution in [-0.2, 0) is 97.6 Å². The molecule has 632 valence electrons. The minimum atomic E-state index is -1.96. The lowest BCUT2D eigenvalue weighted by molar-refractivity contribution is -0.144. The molecule has 0 aromatic heterocycles. The van der Waals surface area contributed by atoms with Gasteiger partial charge in [-0.25, -0.2) is 4.79 Å². The van der Waals surface area contributed by atoms with Gasteiger partial charge in [-0.1, -0.05) is 82.6 Å². The van der Waals surface area contributed by atoms with Crippen LogP contribution < -0.4 is 70.4 Å². The standard InChI is InChI=1S/C78H107N15O21S2/c1-5-42(4)65(91-73(108)61-12-9-33-93(61)77(112)59(40-116)89-66(101)51(80)34-43-13-21-47(94)22-14-43)75(110)85-54(35-44-15-23-48(95)24-16-44)69(104)82-52(10-6-7-31-79)67(102)86-56(36-45-17-25-49(96)26-18-45)76(111)92-32-8-11-60(92)72(107)84-55(38-63(99)100)70(105)90-64(41(2)3)74(109)83-53(29-30-62(81)98)68(103)88-58(39-115)71(106)87-57(78(113)114)37-46-19-27-50(97)28-20-46/h13-28,41-42,51-61,64-65,94-97,115-116H,5-12,29-40,79-80H2,1-4H3,(H2,81,98)(H,82,104)(H,83,109)(H,84,107)(H,85,110)(H,86,102)(H,87,106)(H,88,103)(H,89,101)(H,90,105)(H,91,108)(H,99,100)(H,113,114)/t42-,51-,52-,53-,54-,55-,56-,57-,58-,59-,60-,61-,64-,65-/m0/s1. The lowest BCUT2D eigenvalue weighted by Gasteiger charge is -2.32. The van der Waals surface area contributed by atoms with Gasteiger partial charge in [0.25, 0.3) is 0 Å². The molecule has 0 spiro atoms. The summed E-state index contributed by atoms with van der Waals surface area (Å²) in [6.45, 7) is 6.52. The molecule has 116 heavy (non-hydrogen) atoms. The monoisotopic (exact) mass is 1650 g/mol. The number of carboxylic acids is 2. The number of carboxylic acid groups (broad SMARTS) is 2. The van der Waals surface area contributed by atoms with Gasteiger partial charge in [0.2, 0.25) is 76.8 Å². The number of aromatic hydroxyl groups is 4. The number of hydrogen-bond acceptors (Lipinski definition) is 23. The predicted octanol–water partition coefficient (Wildman–Crippen LogP) is -1.55. The topological polar surface area (TPSA) is 582 Å². The smallest absolute Gasteiger partial charge is 0.326 e. The zero-order chi connectivity index (χ0) is 85.6. The van der Waals surface area contributed by atoms with E-state index < -0.39 is 204 Å². The van der Waals surface area contributed by atoms with Crippen LogP contribution >= 0.6 is 25.3 Å². The van der Waals surface area contributed by atoms with Gasteiger partial charge >= 0.3 is 11.9 Å². The molecule has 4 aromatic carbocycles. The number of unbranched alkanes of at least 4 members (excludes halogenated alkanes) is 1. The van der Waals surface area contributed by atoms with Crippen LogP contribution in [0.2, 0.25) is 0 Å². The number of nitrogens with two attached hydrogens (primary N) is 3. The van der Waals surface area contributed by atoms with Crippen LogP contribution in [0.3, 0.4) is 0 Å². The van der Waals surface area contributed by atoms with Gasteiger partial charge in [0.15, 0.2) is 0 Å². The first-order valence-electron chi connectivity index (χ1n) is 38.2. The van der Waals surface area contributed by atoms with Crippen molar-refractivity contribution in [3.63, 3.8) is 0 Å². The normalized spacial score (nSPS) is 16.9. The summed E-state index contributed by atoms with van der Waals surface area (Å²) in [6.07, 6.45) is -1.36. The van der Waals surface area contributed by atoms with Gasteiger partial charge in [-0.15, -0.1) is 0 Å². The molecule has 14 atom stereocenters. The molecule has 0 aliphatic carbocycles. The lowest BCUT2D eigenvalue weighted by atomic mass is 9.96. The fourth-order valence-corrected chi connectivity index (χ4v) is 13.7. The van der Waals surface area contributed by atoms with Crippen LogP contribution in [0.5, 0.6) is 23.0 Å². The van der Waals surface area contributed by atoms with E-state index >= 15 is 14.4 Å². The van der Waals surface area contributed by atoms with E-state index in [9.17, 15) is 88.2 Å². The third-order valence-corrected chi connectivity index (χ3v) is 20.7. The van der Waals surface area contributed by atoms with Gasteiger partial charge in [0, 0.05) is 50.3 Å². The number of aliphatic carboxylic acids is 2. The van der Waals surface area contributed by atoms with Crippen LogP contribution in [0.25, 0.3) is 0 Å². The lowest BCUT2D eigenvalue weighted by Crippen LogP contribution is -2.62. The van der Waals surface area contributed by atoms with Crippen molar-refractivity contribution in [2.45, 2.75) is 203 Å². The number of primary amides is 1. The summed E-state index contributed by atoms with van der Waals surface area (Å²) in [5, 5.41) is 85.5. The van der Waals surface area contributed by atoms with Crippen molar-refractivity contribution >= 4 is 114 Å². The zero-order valence-corrected chi connectivity index (χ0v) is 66.7. The molecule has 0 bridgehead atoms.